The van der Waals surface area contributed by atoms with Gasteiger partial charge in [-0.2, -0.15) is 0 Å². The Morgan fingerprint density at radius 1 is 1.50 bits per heavy atom. The predicted molar refractivity (Wildman–Crippen MR) is 47.2 cm³/mol. The van der Waals surface area contributed by atoms with E-state index in [0.29, 0.717) is 5.41 Å². The highest BCUT2D eigenvalue weighted by molar-refractivity contribution is 5.00. The Bertz CT molecular complexity index is 189. The zero-order chi connectivity index (χ0) is 8.60. The summed E-state index contributed by atoms with van der Waals surface area (Å²) in [5, 5.41) is 12.4. The lowest BCUT2D eigenvalue weighted by Gasteiger charge is -2.22. The third-order valence-electron chi connectivity index (χ3n) is 3.04. The summed E-state index contributed by atoms with van der Waals surface area (Å²) in [7, 11) is 0. The van der Waals surface area contributed by atoms with Crippen LogP contribution in [0, 0.1) is 5.41 Å². The molecule has 1 aliphatic carbocycles. The van der Waals surface area contributed by atoms with E-state index in [1.807, 2.05) is 0 Å². The Morgan fingerprint density at radius 3 is 2.75 bits per heavy atom. The summed E-state index contributed by atoms with van der Waals surface area (Å²) >= 11 is 0. The molecule has 0 bridgehead atoms. The van der Waals surface area contributed by atoms with Gasteiger partial charge in [0.15, 0.2) is 6.35 Å². The molecule has 1 spiro atoms. The van der Waals surface area contributed by atoms with Crippen molar-refractivity contribution < 1.29 is 5.11 Å². The molecule has 2 rings (SSSR count). The summed E-state index contributed by atoms with van der Waals surface area (Å²) in [5.74, 6) is 0. The van der Waals surface area contributed by atoms with E-state index < -0.39 is 6.35 Å². The van der Waals surface area contributed by atoms with E-state index in [9.17, 15) is 5.11 Å². The molecule has 68 valence electrons. The third kappa shape index (κ3) is 1.34. The molecule has 1 unspecified atom stereocenters. The number of aliphatic hydroxyl groups excluding tert-OH is 1. The van der Waals surface area contributed by atoms with E-state index in [-0.39, 0.29) is 0 Å². The van der Waals surface area contributed by atoms with E-state index in [4.69, 9.17) is 0 Å². The zero-order valence-electron chi connectivity index (χ0n) is 7.29. The first-order valence-corrected chi connectivity index (χ1v) is 4.55. The molecular weight excluding hydrogens is 152 g/mol. The molecule has 1 saturated heterocycles. The molecule has 0 aromatic heterocycles. The monoisotopic (exact) mass is 168 g/mol. The predicted octanol–water partition coefficient (Wildman–Crippen LogP) is 0.481. The van der Waals surface area contributed by atoms with Crippen molar-refractivity contribution in [1.82, 2.24) is 10.2 Å². The van der Waals surface area contributed by atoms with Gasteiger partial charge in [0.2, 0.25) is 0 Å². The summed E-state index contributed by atoms with van der Waals surface area (Å²) < 4.78 is 0. The molecule has 0 amide bonds. The third-order valence-corrected chi connectivity index (χ3v) is 3.04. The molecule has 2 N–H and O–H groups in total. The number of rotatable bonds is 3. The van der Waals surface area contributed by atoms with Crippen molar-refractivity contribution in [2.24, 2.45) is 5.41 Å². The Hall–Kier alpha value is -0.540. The van der Waals surface area contributed by atoms with Crippen LogP contribution in [0.25, 0.3) is 0 Å². The summed E-state index contributed by atoms with van der Waals surface area (Å²) in [6, 6.07) is 0. The van der Waals surface area contributed by atoms with Gasteiger partial charge in [-0.15, -0.1) is 0 Å². The van der Waals surface area contributed by atoms with Gasteiger partial charge in [0.1, 0.15) is 0 Å². The topological polar surface area (TPSA) is 35.5 Å². The quantitative estimate of drug-likeness (QED) is 0.602. The van der Waals surface area contributed by atoms with Gasteiger partial charge in [-0.3, -0.25) is 4.90 Å². The highest BCUT2D eigenvalue weighted by atomic mass is 16.3. The molecule has 2 aliphatic rings. The van der Waals surface area contributed by atoms with Gasteiger partial charge in [-0.1, -0.05) is 6.58 Å². The van der Waals surface area contributed by atoms with Gasteiger partial charge in [-0.05, 0) is 30.9 Å². The number of hydrogen-bond acceptors (Lipinski definition) is 3. The number of nitrogens with zero attached hydrogens (tertiary/aromatic N) is 1. The van der Waals surface area contributed by atoms with Gasteiger partial charge in [0.05, 0.1) is 0 Å². The van der Waals surface area contributed by atoms with Crippen LogP contribution in [-0.2, 0) is 0 Å². The van der Waals surface area contributed by atoms with Crippen LogP contribution in [0.5, 0.6) is 0 Å². The Balaban J connectivity index is 1.85. The molecule has 1 aliphatic heterocycles. The van der Waals surface area contributed by atoms with E-state index in [1.54, 1.807) is 6.20 Å². The first-order valence-electron chi connectivity index (χ1n) is 4.55. The van der Waals surface area contributed by atoms with Crippen LogP contribution < -0.4 is 5.32 Å². The fraction of sp³-hybridized carbons (Fsp3) is 0.778. The second-order valence-corrected chi connectivity index (χ2v) is 3.96. The Labute approximate surface area is 73.1 Å². The SMILES string of the molecule is C=CNC(O)N1CCC2(CC2)C1. The summed E-state index contributed by atoms with van der Waals surface area (Å²) in [6.07, 6.45) is 4.97. The van der Waals surface area contributed by atoms with E-state index >= 15 is 0 Å². The lowest BCUT2D eigenvalue weighted by Crippen LogP contribution is -2.42. The summed E-state index contributed by atoms with van der Waals surface area (Å²) in [6.45, 7) is 5.59. The second-order valence-electron chi connectivity index (χ2n) is 3.96. The molecule has 0 radical (unpaired) electrons. The number of hydrogen-bond donors (Lipinski definition) is 2. The summed E-state index contributed by atoms with van der Waals surface area (Å²) in [4.78, 5) is 2.08. The largest absolute Gasteiger partial charge is 0.361 e. The first-order chi connectivity index (χ1) is 5.76. The highest BCUT2D eigenvalue weighted by Gasteiger charge is 2.48. The first kappa shape index (κ1) is 8.08. The number of nitrogens with one attached hydrogen (secondary N) is 1. The minimum absolute atomic E-state index is 0.525. The van der Waals surface area contributed by atoms with Crippen LogP contribution in [0.1, 0.15) is 19.3 Å². The average Bonchev–Trinajstić information content (AvgIpc) is 2.62. The molecule has 2 fully saturated rings. The molecule has 1 heterocycles. The van der Waals surface area contributed by atoms with Gasteiger partial charge in [0.25, 0.3) is 0 Å². The van der Waals surface area contributed by atoms with Gasteiger partial charge < -0.3 is 10.4 Å². The Morgan fingerprint density at radius 2 is 2.25 bits per heavy atom. The Kier molecular flexibility index (Phi) is 1.85. The van der Waals surface area contributed by atoms with E-state index in [1.165, 1.54) is 19.3 Å². The number of aliphatic hydroxyl groups is 1. The maximum Gasteiger partial charge on any atom is 0.183 e. The van der Waals surface area contributed by atoms with Gasteiger partial charge in [-0.25, -0.2) is 0 Å². The van der Waals surface area contributed by atoms with Crippen LogP contribution in [0.3, 0.4) is 0 Å². The van der Waals surface area contributed by atoms with Crippen LogP contribution in [0.4, 0.5) is 0 Å². The molecule has 3 nitrogen and oxygen atoms in total. The molecule has 0 aromatic rings. The second kappa shape index (κ2) is 2.75. The molecule has 3 heteroatoms. The molecule has 12 heavy (non-hydrogen) atoms. The zero-order valence-corrected chi connectivity index (χ0v) is 7.29. The van der Waals surface area contributed by atoms with E-state index in [0.717, 1.165) is 13.1 Å². The normalized spacial score (nSPS) is 28.8. The minimum Gasteiger partial charge on any atom is -0.361 e. The smallest absolute Gasteiger partial charge is 0.183 e. The maximum atomic E-state index is 9.55. The van der Waals surface area contributed by atoms with Crippen molar-refractivity contribution in [3.63, 3.8) is 0 Å². The fourth-order valence-corrected chi connectivity index (χ4v) is 1.97. The van der Waals surface area contributed by atoms with Crippen LogP contribution >= 0.6 is 0 Å². The van der Waals surface area contributed by atoms with Crippen LogP contribution in [0.2, 0.25) is 0 Å². The maximum absolute atomic E-state index is 9.55. The number of likely N-dealkylation sites (tertiary alicyclic amines) is 1. The molecule has 1 atom stereocenters. The van der Waals surface area contributed by atoms with Crippen molar-refractivity contribution >= 4 is 0 Å². The molecule has 0 aromatic carbocycles. The molecular formula is C9H16N2O. The lowest BCUT2D eigenvalue weighted by molar-refractivity contribution is 0.000667. The lowest BCUT2D eigenvalue weighted by atomic mass is 10.1. The van der Waals surface area contributed by atoms with Crippen molar-refractivity contribution in [3.8, 4) is 0 Å². The van der Waals surface area contributed by atoms with Crippen molar-refractivity contribution in [1.29, 1.82) is 0 Å². The van der Waals surface area contributed by atoms with Crippen LogP contribution in [-0.4, -0.2) is 29.4 Å². The van der Waals surface area contributed by atoms with Crippen molar-refractivity contribution in [2.75, 3.05) is 13.1 Å². The van der Waals surface area contributed by atoms with Gasteiger partial charge >= 0.3 is 0 Å². The standard InChI is InChI=1S/C9H16N2O/c1-2-10-8(12)11-6-5-9(7-11)3-4-9/h2,8,10,12H,1,3-7H2. The van der Waals surface area contributed by atoms with Crippen molar-refractivity contribution in [2.45, 2.75) is 25.6 Å². The molecule has 1 saturated carbocycles. The summed E-state index contributed by atoms with van der Waals surface area (Å²) in [5.41, 5.74) is 0.587. The fourth-order valence-electron chi connectivity index (χ4n) is 1.97. The minimum atomic E-state index is -0.525. The van der Waals surface area contributed by atoms with Gasteiger partial charge in [0, 0.05) is 13.1 Å². The average molecular weight is 168 g/mol. The van der Waals surface area contributed by atoms with E-state index in [2.05, 4.69) is 16.8 Å². The highest BCUT2D eigenvalue weighted by Crippen LogP contribution is 2.52. The van der Waals surface area contributed by atoms with Crippen LogP contribution in [0.15, 0.2) is 12.8 Å². The van der Waals surface area contributed by atoms with Crippen molar-refractivity contribution in [3.05, 3.63) is 12.8 Å².